The van der Waals surface area contributed by atoms with Crippen LogP contribution >= 0.6 is 0 Å². The van der Waals surface area contributed by atoms with E-state index in [9.17, 15) is 19.8 Å². The highest BCUT2D eigenvalue weighted by molar-refractivity contribution is 5.86. The summed E-state index contributed by atoms with van der Waals surface area (Å²) >= 11 is 0. The summed E-state index contributed by atoms with van der Waals surface area (Å²) in [5, 5.41) is 19.7. The van der Waals surface area contributed by atoms with Crippen molar-refractivity contribution >= 4 is 12.6 Å². The minimum absolute atomic E-state index is 0.0405. The van der Waals surface area contributed by atoms with E-state index in [1.54, 1.807) is 36.4 Å². The van der Waals surface area contributed by atoms with Crippen LogP contribution in [0.4, 0.5) is 0 Å². The lowest BCUT2D eigenvalue weighted by atomic mass is 10.0. The van der Waals surface area contributed by atoms with Gasteiger partial charge >= 0.3 is 0 Å². The Morgan fingerprint density at radius 3 is 1.58 bits per heavy atom. The number of carbonyl (C=O) groups is 2. The Balaban J connectivity index is 0.000000176. The molecular formula is C27H22O4. The molecular weight excluding hydrogens is 388 g/mol. The SMILES string of the molecule is Cc1cccc(-c2cccc(C=O)c2O)c1.O=Cc1cccc(-c2ccccc2)c1O. The van der Waals surface area contributed by atoms with Gasteiger partial charge in [0.25, 0.3) is 0 Å². The summed E-state index contributed by atoms with van der Waals surface area (Å²) in [6, 6.07) is 27.6. The smallest absolute Gasteiger partial charge is 0.153 e. The van der Waals surface area contributed by atoms with Gasteiger partial charge in [-0.05, 0) is 30.2 Å². The summed E-state index contributed by atoms with van der Waals surface area (Å²) in [4.78, 5) is 21.4. The van der Waals surface area contributed by atoms with Crippen LogP contribution in [0.3, 0.4) is 0 Å². The van der Waals surface area contributed by atoms with E-state index in [4.69, 9.17) is 0 Å². The number of hydrogen-bond acceptors (Lipinski definition) is 4. The summed E-state index contributed by atoms with van der Waals surface area (Å²) in [6.07, 6.45) is 1.32. The van der Waals surface area contributed by atoms with E-state index in [0.29, 0.717) is 34.8 Å². The van der Waals surface area contributed by atoms with Gasteiger partial charge in [0.05, 0.1) is 11.1 Å². The molecule has 0 fully saturated rings. The molecule has 0 saturated carbocycles. The fourth-order valence-electron chi connectivity index (χ4n) is 3.21. The zero-order chi connectivity index (χ0) is 22.2. The van der Waals surface area contributed by atoms with Gasteiger partial charge in [0.15, 0.2) is 12.6 Å². The van der Waals surface area contributed by atoms with E-state index in [-0.39, 0.29) is 11.5 Å². The molecule has 4 aromatic rings. The number of hydrogen-bond donors (Lipinski definition) is 2. The van der Waals surface area contributed by atoms with Gasteiger partial charge in [0, 0.05) is 11.1 Å². The average Bonchev–Trinajstić information content (AvgIpc) is 2.80. The molecule has 4 aromatic carbocycles. The third-order valence-electron chi connectivity index (χ3n) is 4.80. The first kappa shape index (κ1) is 21.5. The third kappa shape index (κ3) is 5.06. The van der Waals surface area contributed by atoms with Gasteiger partial charge in [0.1, 0.15) is 11.5 Å². The van der Waals surface area contributed by atoms with Crippen LogP contribution in [0.5, 0.6) is 11.5 Å². The number of para-hydroxylation sites is 2. The highest BCUT2D eigenvalue weighted by Crippen LogP contribution is 2.32. The predicted octanol–water partition coefficient (Wildman–Crippen LogP) is 6.05. The van der Waals surface area contributed by atoms with Crippen molar-refractivity contribution in [1.82, 2.24) is 0 Å². The Bertz CT molecular complexity index is 1200. The Kier molecular flexibility index (Phi) is 6.97. The lowest BCUT2D eigenvalue weighted by molar-refractivity contribution is 0.111. The van der Waals surface area contributed by atoms with Crippen molar-refractivity contribution < 1.29 is 19.8 Å². The molecule has 0 radical (unpaired) electrons. The van der Waals surface area contributed by atoms with Gasteiger partial charge in [-0.25, -0.2) is 0 Å². The molecule has 0 aromatic heterocycles. The van der Waals surface area contributed by atoms with Gasteiger partial charge in [-0.1, -0.05) is 84.4 Å². The van der Waals surface area contributed by atoms with Crippen LogP contribution in [-0.2, 0) is 0 Å². The summed E-state index contributed by atoms with van der Waals surface area (Å²) < 4.78 is 0. The zero-order valence-corrected chi connectivity index (χ0v) is 17.0. The van der Waals surface area contributed by atoms with Crippen molar-refractivity contribution in [2.45, 2.75) is 6.92 Å². The Morgan fingerprint density at radius 2 is 1.06 bits per heavy atom. The molecule has 0 spiro atoms. The number of aryl methyl sites for hydroxylation is 1. The maximum absolute atomic E-state index is 10.7. The molecule has 0 aliphatic carbocycles. The van der Waals surface area contributed by atoms with Crippen molar-refractivity contribution in [3.05, 3.63) is 108 Å². The summed E-state index contributed by atoms with van der Waals surface area (Å²) in [6.45, 7) is 1.99. The Labute approximate surface area is 181 Å². The number of rotatable bonds is 4. The first-order valence-corrected chi connectivity index (χ1v) is 9.72. The number of phenols is 2. The summed E-state index contributed by atoms with van der Waals surface area (Å²) in [7, 11) is 0. The van der Waals surface area contributed by atoms with Crippen molar-refractivity contribution in [3.63, 3.8) is 0 Å². The fraction of sp³-hybridized carbons (Fsp3) is 0.0370. The predicted molar refractivity (Wildman–Crippen MR) is 123 cm³/mol. The van der Waals surface area contributed by atoms with Gasteiger partial charge in [-0.15, -0.1) is 0 Å². The van der Waals surface area contributed by atoms with Crippen LogP contribution < -0.4 is 0 Å². The minimum atomic E-state index is 0.0405. The van der Waals surface area contributed by atoms with E-state index in [1.165, 1.54) is 0 Å². The molecule has 0 bridgehead atoms. The number of aldehydes is 2. The highest BCUT2D eigenvalue weighted by Gasteiger charge is 2.08. The fourth-order valence-corrected chi connectivity index (χ4v) is 3.21. The van der Waals surface area contributed by atoms with Crippen LogP contribution in [0.2, 0.25) is 0 Å². The second-order valence-electron chi connectivity index (χ2n) is 6.96. The van der Waals surface area contributed by atoms with E-state index in [1.807, 2.05) is 61.5 Å². The standard InChI is InChI=1S/C14H12O2.C13H10O2/c1-10-4-2-5-11(8-10)13-7-3-6-12(9-15)14(13)16;14-9-11-7-4-8-12(13(11)15)10-5-2-1-3-6-10/h2-9,16H,1H3;1-9,15H. The Hall–Kier alpha value is -4.18. The van der Waals surface area contributed by atoms with Crippen molar-refractivity contribution in [2.24, 2.45) is 0 Å². The van der Waals surface area contributed by atoms with Crippen LogP contribution in [0.1, 0.15) is 26.3 Å². The van der Waals surface area contributed by atoms with Crippen LogP contribution in [0.25, 0.3) is 22.3 Å². The maximum Gasteiger partial charge on any atom is 0.153 e. The average molecular weight is 410 g/mol. The van der Waals surface area contributed by atoms with E-state index >= 15 is 0 Å². The van der Waals surface area contributed by atoms with Crippen LogP contribution in [0.15, 0.2) is 91.0 Å². The molecule has 0 atom stereocenters. The lowest BCUT2D eigenvalue weighted by Crippen LogP contribution is -1.86. The van der Waals surface area contributed by atoms with Gasteiger partial charge in [-0.3, -0.25) is 9.59 Å². The van der Waals surface area contributed by atoms with E-state index in [0.717, 1.165) is 16.7 Å². The quantitative estimate of drug-likeness (QED) is 0.402. The lowest BCUT2D eigenvalue weighted by Gasteiger charge is -2.07. The zero-order valence-electron chi connectivity index (χ0n) is 17.0. The molecule has 4 heteroatoms. The largest absolute Gasteiger partial charge is 0.507 e. The van der Waals surface area contributed by atoms with E-state index < -0.39 is 0 Å². The molecule has 31 heavy (non-hydrogen) atoms. The summed E-state index contributed by atoms with van der Waals surface area (Å²) in [5.74, 6) is 0.0850. The topological polar surface area (TPSA) is 74.6 Å². The molecule has 0 aliphatic heterocycles. The molecule has 4 nitrogen and oxygen atoms in total. The normalized spacial score (nSPS) is 9.97. The molecule has 4 rings (SSSR count). The van der Waals surface area contributed by atoms with Crippen LogP contribution in [-0.4, -0.2) is 22.8 Å². The highest BCUT2D eigenvalue weighted by atomic mass is 16.3. The molecule has 0 amide bonds. The number of phenolic OH excluding ortho intramolecular Hbond substituents is 2. The summed E-state index contributed by atoms with van der Waals surface area (Å²) in [5.41, 5.74) is 4.94. The molecule has 2 N–H and O–H groups in total. The monoisotopic (exact) mass is 410 g/mol. The Morgan fingerprint density at radius 1 is 0.581 bits per heavy atom. The number of carbonyl (C=O) groups excluding carboxylic acids is 2. The van der Waals surface area contributed by atoms with Crippen LogP contribution in [0, 0.1) is 6.92 Å². The van der Waals surface area contributed by atoms with Gasteiger partial charge < -0.3 is 10.2 Å². The first-order valence-electron chi connectivity index (χ1n) is 9.72. The molecule has 0 aliphatic rings. The van der Waals surface area contributed by atoms with Crippen molar-refractivity contribution in [3.8, 4) is 33.8 Å². The molecule has 0 heterocycles. The number of benzene rings is 4. The van der Waals surface area contributed by atoms with Crippen molar-refractivity contribution in [2.75, 3.05) is 0 Å². The third-order valence-corrected chi connectivity index (χ3v) is 4.80. The molecule has 0 saturated heterocycles. The second kappa shape index (κ2) is 10.0. The number of aromatic hydroxyl groups is 2. The van der Waals surface area contributed by atoms with Gasteiger partial charge in [0.2, 0.25) is 0 Å². The van der Waals surface area contributed by atoms with Gasteiger partial charge in [-0.2, -0.15) is 0 Å². The maximum atomic E-state index is 10.7. The second-order valence-corrected chi connectivity index (χ2v) is 6.96. The minimum Gasteiger partial charge on any atom is -0.507 e. The van der Waals surface area contributed by atoms with Crippen molar-refractivity contribution in [1.29, 1.82) is 0 Å². The molecule has 154 valence electrons. The molecule has 0 unspecified atom stereocenters. The van der Waals surface area contributed by atoms with E-state index in [2.05, 4.69) is 0 Å². The first-order chi connectivity index (χ1) is 15.0.